The first-order valence-corrected chi connectivity index (χ1v) is 9.41. The van der Waals surface area contributed by atoms with Crippen LogP contribution in [0.2, 0.25) is 0 Å². The van der Waals surface area contributed by atoms with Crippen LogP contribution in [0.3, 0.4) is 0 Å². The summed E-state index contributed by atoms with van der Waals surface area (Å²) in [6.45, 7) is -0.209. The van der Waals surface area contributed by atoms with Gasteiger partial charge in [0.2, 0.25) is 5.91 Å². The molecular formula is C22H21N3O4. The Morgan fingerprint density at radius 1 is 1.07 bits per heavy atom. The van der Waals surface area contributed by atoms with Crippen LogP contribution >= 0.6 is 0 Å². The van der Waals surface area contributed by atoms with Gasteiger partial charge < -0.3 is 10.1 Å². The summed E-state index contributed by atoms with van der Waals surface area (Å²) in [4.78, 5) is 37.6. The molecule has 1 heterocycles. The van der Waals surface area contributed by atoms with E-state index in [4.69, 9.17) is 4.74 Å². The van der Waals surface area contributed by atoms with E-state index < -0.39 is 11.1 Å². The lowest BCUT2D eigenvalue weighted by atomic mass is 10.1. The number of ether oxygens (including phenoxy) is 1. The molecule has 3 aromatic rings. The summed E-state index contributed by atoms with van der Waals surface area (Å²) >= 11 is 0. The SMILES string of the molecule is COc1ccccc1-n1ccn(CC(=O)N[C@@H]2CCc3ccccc32)c(=O)c1=O. The van der Waals surface area contributed by atoms with Crippen LogP contribution in [0.15, 0.2) is 70.5 Å². The summed E-state index contributed by atoms with van der Waals surface area (Å²) in [5, 5.41) is 2.97. The molecule has 7 heteroatoms. The second kappa shape index (κ2) is 7.79. The molecule has 0 spiro atoms. The first-order chi connectivity index (χ1) is 14.1. The number of benzene rings is 2. The van der Waals surface area contributed by atoms with Crippen LogP contribution in [0.4, 0.5) is 0 Å². The zero-order valence-corrected chi connectivity index (χ0v) is 16.0. The fourth-order valence-corrected chi connectivity index (χ4v) is 3.75. The van der Waals surface area contributed by atoms with Crippen molar-refractivity contribution >= 4 is 5.91 Å². The number of nitrogens with one attached hydrogen (secondary N) is 1. The molecule has 0 saturated carbocycles. The third-order valence-corrected chi connectivity index (χ3v) is 5.19. The molecule has 1 aliphatic rings. The number of nitrogens with zero attached hydrogens (tertiary/aromatic N) is 2. The van der Waals surface area contributed by atoms with Crippen LogP contribution in [0.25, 0.3) is 5.69 Å². The summed E-state index contributed by atoms with van der Waals surface area (Å²) < 4.78 is 7.61. The predicted octanol–water partition coefficient (Wildman–Crippen LogP) is 1.81. The van der Waals surface area contributed by atoms with Crippen LogP contribution in [0, 0.1) is 0 Å². The van der Waals surface area contributed by atoms with E-state index in [1.54, 1.807) is 24.3 Å². The number of aryl methyl sites for hydroxylation is 1. The van der Waals surface area contributed by atoms with E-state index in [1.807, 2.05) is 18.2 Å². The maximum Gasteiger partial charge on any atom is 0.321 e. The monoisotopic (exact) mass is 391 g/mol. The molecule has 1 aliphatic carbocycles. The van der Waals surface area contributed by atoms with Crippen molar-refractivity contribution in [3.8, 4) is 11.4 Å². The number of rotatable bonds is 5. The second-order valence-corrected chi connectivity index (χ2v) is 6.94. The Labute approximate surface area is 167 Å². The number of amides is 1. The van der Waals surface area contributed by atoms with Crippen molar-refractivity contribution in [1.82, 2.24) is 14.5 Å². The van der Waals surface area contributed by atoms with E-state index in [0.717, 1.165) is 23.0 Å². The Morgan fingerprint density at radius 2 is 1.83 bits per heavy atom. The molecule has 0 fully saturated rings. The van der Waals surface area contributed by atoms with Crippen LogP contribution in [0.1, 0.15) is 23.6 Å². The summed E-state index contributed by atoms with van der Waals surface area (Å²) in [5.74, 6) is 0.174. The quantitative estimate of drug-likeness (QED) is 0.673. The molecule has 0 aliphatic heterocycles. The van der Waals surface area contributed by atoms with Crippen LogP contribution in [-0.2, 0) is 17.8 Å². The number of hydrogen-bond donors (Lipinski definition) is 1. The zero-order valence-electron chi connectivity index (χ0n) is 16.0. The molecule has 1 atom stereocenters. The highest BCUT2D eigenvalue weighted by molar-refractivity contribution is 5.76. The second-order valence-electron chi connectivity index (χ2n) is 6.94. The molecule has 0 saturated heterocycles. The molecule has 1 N–H and O–H groups in total. The van der Waals surface area contributed by atoms with E-state index in [2.05, 4.69) is 11.4 Å². The van der Waals surface area contributed by atoms with Crippen LogP contribution in [-0.4, -0.2) is 22.2 Å². The third kappa shape index (κ3) is 3.59. The van der Waals surface area contributed by atoms with Crippen molar-refractivity contribution in [3.05, 3.63) is 92.8 Å². The molecule has 0 radical (unpaired) electrons. The molecule has 4 rings (SSSR count). The lowest BCUT2D eigenvalue weighted by Gasteiger charge is -2.15. The largest absolute Gasteiger partial charge is 0.495 e. The summed E-state index contributed by atoms with van der Waals surface area (Å²) in [7, 11) is 1.50. The number of carbonyl (C=O) groups excluding carboxylic acids is 1. The van der Waals surface area contributed by atoms with E-state index in [-0.39, 0.29) is 18.5 Å². The van der Waals surface area contributed by atoms with Crippen molar-refractivity contribution in [3.63, 3.8) is 0 Å². The van der Waals surface area contributed by atoms with Gasteiger partial charge in [-0.3, -0.25) is 23.5 Å². The Hall–Kier alpha value is -3.61. The van der Waals surface area contributed by atoms with Crippen molar-refractivity contribution in [2.45, 2.75) is 25.4 Å². The molecule has 2 aromatic carbocycles. The van der Waals surface area contributed by atoms with Crippen molar-refractivity contribution < 1.29 is 9.53 Å². The number of carbonyl (C=O) groups is 1. The third-order valence-electron chi connectivity index (χ3n) is 5.19. The molecule has 7 nitrogen and oxygen atoms in total. The number of aromatic nitrogens is 2. The molecule has 1 aromatic heterocycles. The number of para-hydroxylation sites is 2. The van der Waals surface area contributed by atoms with Gasteiger partial charge in [0.25, 0.3) is 0 Å². The Kier molecular flexibility index (Phi) is 5.03. The smallest absolute Gasteiger partial charge is 0.321 e. The van der Waals surface area contributed by atoms with Gasteiger partial charge in [0.15, 0.2) is 0 Å². The van der Waals surface area contributed by atoms with E-state index in [9.17, 15) is 14.4 Å². The number of hydrogen-bond acceptors (Lipinski definition) is 4. The number of fused-ring (bicyclic) bond motifs is 1. The molecule has 0 unspecified atom stereocenters. The van der Waals surface area contributed by atoms with E-state index in [1.165, 1.54) is 29.6 Å². The van der Waals surface area contributed by atoms with Gasteiger partial charge >= 0.3 is 11.1 Å². The average molecular weight is 391 g/mol. The zero-order chi connectivity index (χ0) is 20.4. The molecular weight excluding hydrogens is 370 g/mol. The summed E-state index contributed by atoms with van der Waals surface area (Å²) in [6, 6.07) is 14.9. The summed E-state index contributed by atoms with van der Waals surface area (Å²) in [6.07, 6.45) is 4.66. The molecule has 0 bridgehead atoms. The van der Waals surface area contributed by atoms with Gasteiger partial charge in [0.1, 0.15) is 12.3 Å². The highest BCUT2D eigenvalue weighted by Gasteiger charge is 2.23. The topological polar surface area (TPSA) is 82.3 Å². The average Bonchev–Trinajstić information content (AvgIpc) is 3.14. The summed E-state index contributed by atoms with van der Waals surface area (Å²) in [5.41, 5.74) is 1.31. The highest BCUT2D eigenvalue weighted by Crippen LogP contribution is 2.30. The maximum absolute atomic E-state index is 12.6. The fraction of sp³-hybridized carbons (Fsp3) is 0.227. The standard InChI is InChI=1S/C22H21N3O4/c1-29-19-9-5-4-8-18(19)25-13-12-24(21(27)22(25)28)14-20(26)23-17-11-10-15-6-2-3-7-16(15)17/h2-9,12-13,17H,10-11,14H2,1H3,(H,23,26)/t17-/m1/s1. The highest BCUT2D eigenvalue weighted by atomic mass is 16.5. The van der Waals surface area contributed by atoms with E-state index in [0.29, 0.717) is 11.4 Å². The first kappa shape index (κ1) is 18.7. The first-order valence-electron chi connectivity index (χ1n) is 9.41. The Morgan fingerprint density at radius 3 is 2.66 bits per heavy atom. The minimum Gasteiger partial charge on any atom is -0.495 e. The van der Waals surface area contributed by atoms with Gasteiger partial charge in [-0.2, -0.15) is 0 Å². The van der Waals surface area contributed by atoms with Crippen LogP contribution in [0.5, 0.6) is 5.75 Å². The van der Waals surface area contributed by atoms with Crippen molar-refractivity contribution in [2.75, 3.05) is 7.11 Å². The van der Waals surface area contributed by atoms with Gasteiger partial charge in [0.05, 0.1) is 18.8 Å². The van der Waals surface area contributed by atoms with Crippen molar-refractivity contribution in [1.29, 1.82) is 0 Å². The molecule has 1 amide bonds. The Bertz CT molecular complexity index is 1180. The normalized spacial score (nSPS) is 15.0. The minimum atomic E-state index is -0.764. The molecule has 29 heavy (non-hydrogen) atoms. The van der Waals surface area contributed by atoms with Gasteiger partial charge in [-0.1, -0.05) is 36.4 Å². The van der Waals surface area contributed by atoms with Gasteiger partial charge in [-0.25, -0.2) is 0 Å². The van der Waals surface area contributed by atoms with Gasteiger partial charge in [0, 0.05) is 12.4 Å². The van der Waals surface area contributed by atoms with Crippen LogP contribution < -0.4 is 21.2 Å². The Balaban J connectivity index is 1.55. The number of methoxy groups -OCH3 is 1. The fourth-order valence-electron chi connectivity index (χ4n) is 3.75. The lowest BCUT2D eigenvalue weighted by Crippen LogP contribution is -2.43. The van der Waals surface area contributed by atoms with Gasteiger partial charge in [-0.15, -0.1) is 0 Å². The minimum absolute atomic E-state index is 0.0663. The van der Waals surface area contributed by atoms with Gasteiger partial charge in [-0.05, 0) is 36.1 Å². The predicted molar refractivity (Wildman–Crippen MR) is 108 cm³/mol. The molecule has 148 valence electrons. The lowest BCUT2D eigenvalue weighted by molar-refractivity contribution is -0.122. The maximum atomic E-state index is 12.6. The van der Waals surface area contributed by atoms with Crippen molar-refractivity contribution in [2.24, 2.45) is 0 Å². The van der Waals surface area contributed by atoms with E-state index >= 15 is 0 Å².